The fourth-order valence-corrected chi connectivity index (χ4v) is 2.98. The molecule has 3 atom stereocenters. The summed E-state index contributed by atoms with van der Waals surface area (Å²) in [7, 11) is 0. The Hall–Kier alpha value is -0.830. The van der Waals surface area contributed by atoms with Crippen LogP contribution in [0.25, 0.3) is 0 Å². The third kappa shape index (κ3) is 2.29. The van der Waals surface area contributed by atoms with Crippen LogP contribution in [0.3, 0.4) is 0 Å². The van der Waals surface area contributed by atoms with Crippen molar-refractivity contribution < 1.29 is 0 Å². The zero-order valence-corrected chi connectivity index (χ0v) is 10.4. The van der Waals surface area contributed by atoms with Crippen molar-refractivity contribution in [1.82, 2.24) is 9.55 Å². The van der Waals surface area contributed by atoms with Gasteiger partial charge in [-0.1, -0.05) is 19.8 Å². The molecule has 0 amide bonds. The zero-order valence-electron chi connectivity index (χ0n) is 10.4. The number of hydrogen-bond acceptors (Lipinski definition) is 2. The number of nitrogens with two attached hydrogens (primary N) is 1. The molecule has 1 aromatic heterocycles. The van der Waals surface area contributed by atoms with Crippen molar-refractivity contribution in [1.29, 1.82) is 0 Å². The van der Waals surface area contributed by atoms with Gasteiger partial charge in [0.2, 0.25) is 0 Å². The first-order valence-corrected chi connectivity index (χ1v) is 6.47. The summed E-state index contributed by atoms with van der Waals surface area (Å²) in [4.78, 5) is 4.30. The molecule has 1 aromatic rings. The van der Waals surface area contributed by atoms with Crippen LogP contribution in [0, 0.1) is 12.8 Å². The number of imidazole rings is 1. The van der Waals surface area contributed by atoms with Crippen LogP contribution in [0.5, 0.6) is 0 Å². The van der Waals surface area contributed by atoms with E-state index in [9.17, 15) is 0 Å². The molecule has 3 heteroatoms. The minimum Gasteiger partial charge on any atom is -0.331 e. The first kappa shape index (κ1) is 11.6. The van der Waals surface area contributed by atoms with Crippen LogP contribution in [-0.4, -0.2) is 15.6 Å². The van der Waals surface area contributed by atoms with E-state index in [1.807, 2.05) is 6.20 Å². The van der Waals surface area contributed by atoms with Gasteiger partial charge in [-0.25, -0.2) is 4.98 Å². The quantitative estimate of drug-likeness (QED) is 0.852. The molecule has 1 heterocycles. The third-order valence-electron chi connectivity index (χ3n) is 3.89. The molecule has 1 fully saturated rings. The van der Waals surface area contributed by atoms with Gasteiger partial charge in [-0.05, 0) is 32.1 Å². The van der Waals surface area contributed by atoms with Gasteiger partial charge in [-0.15, -0.1) is 0 Å². The van der Waals surface area contributed by atoms with E-state index in [0.717, 1.165) is 18.2 Å². The van der Waals surface area contributed by atoms with Crippen molar-refractivity contribution in [2.24, 2.45) is 11.7 Å². The van der Waals surface area contributed by atoms with E-state index in [4.69, 9.17) is 5.73 Å². The molecule has 2 rings (SSSR count). The summed E-state index contributed by atoms with van der Waals surface area (Å²) in [5.74, 6) is 1.95. The molecule has 3 unspecified atom stereocenters. The molecular weight excluding hydrogens is 198 g/mol. The van der Waals surface area contributed by atoms with Gasteiger partial charge in [0.15, 0.2) is 0 Å². The predicted molar refractivity (Wildman–Crippen MR) is 66.2 cm³/mol. The Labute approximate surface area is 98.1 Å². The molecule has 3 nitrogen and oxygen atoms in total. The standard InChI is InChI=1S/C13H23N3/c1-3-4-11-5-6-12(14)13(9-11)16-8-7-15-10(16)2/h7-8,11-13H,3-6,9,14H2,1-2H3. The van der Waals surface area contributed by atoms with Crippen LogP contribution in [-0.2, 0) is 0 Å². The van der Waals surface area contributed by atoms with E-state index in [2.05, 4.69) is 29.6 Å². The first-order chi connectivity index (χ1) is 7.72. The van der Waals surface area contributed by atoms with Crippen LogP contribution in [0.2, 0.25) is 0 Å². The molecule has 2 N–H and O–H groups in total. The van der Waals surface area contributed by atoms with Crippen LogP contribution < -0.4 is 5.73 Å². The van der Waals surface area contributed by atoms with E-state index in [1.54, 1.807) is 0 Å². The minimum absolute atomic E-state index is 0.306. The summed E-state index contributed by atoms with van der Waals surface area (Å²) in [6.45, 7) is 4.34. The van der Waals surface area contributed by atoms with Gasteiger partial charge in [0.25, 0.3) is 0 Å². The molecule has 0 radical (unpaired) electrons. The van der Waals surface area contributed by atoms with Gasteiger partial charge in [0.1, 0.15) is 5.82 Å². The maximum absolute atomic E-state index is 6.25. The van der Waals surface area contributed by atoms with Crippen molar-refractivity contribution in [3.8, 4) is 0 Å². The fraction of sp³-hybridized carbons (Fsp3) is 0.769. The lowest BCUT2D eigenvalue weighted by molar-refractivity contribution is 0.222. The Kier molecular flexibility index (Phi) is 3.64. The molecule has 90 valence electrons. The number of nitrogens with zero attached hydrogens (tertiary/aromatic N) is 2. The van der Waals surface area contributed by atoms with E-state index in [-0.39, 0.29) is 0 Å². The summed E-state index contributed by atoms with van der Waals surface area (Å²) in [6.07, 6.45) is 10.3. The van der Waals surface area contributed by atoms with Crippen LogP contribution in [0.1, 0.15) is 50.9 Å². The molecule has 0 spiro atoms. The van der Waals surface area contributed by atoms with E-state index < -0.39 is 0 Å². The Bertz CT molecular complexity index is 332. The number of rotatable bonds is 3. The Morgan fingerprint density at radius 1 is 1.50 bits per heavy atom. The Morgan fingerprint density at radius 2 is 2.31 bits per heavy atom. The number of aromatic nitrogens is 2. The molecular formula is C13H23N3. The molecule has 1 aliphatic rings. The summed E-state index contributed by atoms with van der Waals surface area (Å²) >= 11 is 0. The van der Waals surface area contributed by atoms with Gasteiger partial charge in [0.05, 0.1) is 6.04 Å². The summed E-state index contributed by atoms with van der Waals surface area (Å²) in [5.41, 5.74) is 6.25. The van der Waals surface area contributed by atoms with Gasteiger partial charge in [-0.2, -0.15) is 0 Å². The number of hydrogen-bond donors (Lipinski definition) is 1. The average molecular weight is 221 g/mol. The van der Waals surface area contributed by atoms with Crippen molar-refractivity contribution in [2.45, 2.75) is 58.0 Å². The number of aryl methyl sites for hydroxylation is 1. The van der Waals surface area contributed by atoms with E-state index in [1.165, 1.54) is 25.7 Å². The second-order valence-corrected chi connectivity index (χ2v) is 5.08. The van der Waals surface area contributed by atoms with Gasteiger partial charge >= 0.3 is 0 Å². The maximum Gasteiger partial charge on any atom is 0.105 e. The van der Waals surface area contributed by atoms with Crippen molar-refractivity contribution in [2.75, 3.05) is 0 Å². The first-order valence-electron chi connectivity index (χ1n) is 6.47. The minimum atomic E-state index is 0.306. The van der Waals surface area contributed by atoms with E-state index in [0.29, 0.717) is 12.1 Å². The van der Waals surface area contributed by atoms with Crippen molar-refractivity contribution in [3.05, 3.63) is 18.2 Å². The monoisotopic (exact) mass is 221 g/mol. The Balaban J connectivity index is 2.10. The molecule has 0 aliphatic heterocycles. The molecule has 0 aromatic carbocycles. The molecule has 1 saturated carbocycles. The normalized spacial score (nSPS) is 30.6. The van der Waals surface area contributed by atoms with Gasteiger partial charge < -0.3 is 10.3 Å². The zero-order chi connectivity index (χ0) is 11.5. The SMILES string of the molecule is CCCC1CCC(N)C(n2ccnc2C)C1. The highest BCUT2D eigenvalue weighted by Crippen LogP contribution is 2.34. The third-order valence-corrected chi connectivity index (χ3v) is 3.89. The van der Waals surface area contributed by atoms with Crippen molar-refractivity contribution >= 4 is 0 Å². The van der Waals surface area contributed by atoms with E-state index >= 15 is 0 Å². The van der Waals surface area contributed by atoms with Crippen LogP contribution >= 0.6 is 0 Å². The maximum atomic E-state index is 6.25. The van der Waals surface area contributed by atoms with Crippen molar-refractivity contribution in [3.63, 3.8) is 0 Å². The smallest absolute Gasteiger partial charge is 0.105 e. The summed E-state index contributed by atoms with van der Waals surface area (Å²) < 4.78 is 2.27. The van der Waals surface area contributed by atoms with Gasteiger partial charge in [-0.3, -0.25) is 0 Å². The molecule has 16 heavy (non-hydrogen) atoms. The highest BCUT2D eigenvalue weighted by Gasteiger charge is 2.29. The lowest BCUT2D eigenvalue weighted by Crippen LogP contribution is -2.38. The largest absolute Gasteiger partial charge is 0.331 e. The molecule has 0 saturated heterocycles. The molecule has 0 bridgehead atoms. The highest BCUT2D eigenvalue weighted by atomic mass is 15.1. The lowest BCUT2D eigenvalue weighted by Gasteiger charge is -2.35. The molecule has 1 aliphatic carbocycles. The average Bonchev–Trinajstić information content (AvgIpc) is 2.68. The van der Waals surface area contributed by atoms with Crippen LogP contribution in [0.4, 0.5) is 0 Å². The fourth-order valence-electron chi connectivity index (χ4n) is 2.98. The summed E-state index contributed by atoms with van der Waals surface area (Å²) in [6, 6.07) is 0.772. The predicted octanol–water partition coefficient (Wildman–Crippen LogP) is 2.66. The second-order valence-electron chi connectivity index (χ2n) is 5.08. The lowest BCUT2D eigenvalue weighted by atomic mass is 9.80. The topological polar surface area (TPSA) is 43.8 Å². The van der Waals surface area contributed by atoms with Gasteiger partial charge in [0, 0.05) is 18.4 Å². The highest BCUT2D eigenvalue weighted by molar-refractivity contribution is 4.97. The second kappa shape index (κ2) is 5.00. The summed E-state index contributed by atoms with van der Waals surface area (Å²) in [5, 5.41) is 0. The Morgan fingerprint density at radius 3 is 2.94 bits per heavy atom. The van der Waals surface area contributed by atoms with Crippen LogP contribution in [0.15, 0.2) is 12.4 Å².